The summed E-state index contributed by atoms with van der Waals surface area (Å²) in [6.45, 7) is 2.16. The number of carbonyl (C=O) groups is 1. The zero-order valence-corrected chi connectivity index (χ0v) is 9.47. The smallest absolute Gasteiger partial charge is 0.340 e. The Kier molecular flexibility index (Phi) is 4.46. The molecule has 1 rings (SSSR count). The first-order chi connectivity index (χ1) is 7.61. The summed E-state index contributed by atoms with van der Waals surface area (Å²) in [5.74, 6) is -1.00. The van der Waals surface area contributed by atoms with Gasteiger partial charge in [0.1, 0.15) is 0 Å². The topological polar surface area (TPSA) is 55.8 Å². The van der Waals surface area contributed by atoms with Crippen molar-refractivity contribution >= 4 is 5.97 Å². The van der Waals surface area contributed by atoms with Gasteiger partial charge >= 0.3 is 5.97 Å². The van der Waals surface area contributed by atoms with E-state index in [1.165, 1.54) is 0 Å². The van der Waals surface area contributed by atoms with E-state index in [1.54, 1.807) is 38.3 Å². The fourth-order valence-corrected chi connectivity index (χ4v) is 1.35. The minimum Gasteiger partial charge on any atom is -0.479 e. The predicted molar refractivity (Wildman–Crippen MR) is 59.3 cm³/mol. The summed E-state index contributed by atoms with van der Waals surface area (Å²) in [6.07, 6.45) is 0. The third kappa shape index (κ3) is 2.81. The average Bonchev–Trinajstić information content (AvgIpc) is 2.30. The molecule has 16 heavy (non-hydrogen) atoms. The second-order valence-electron chi connectivity index (χ2n) is 3.55. The highest BCUT2D eigenvalue weighted by molar-refractivity contribution is 5.78. The van der Waals surface area contributed by atoms with E-state index in [1.807, 2.05) is 6.07 Å². The second-order valence-corrected chi connectivity index (χ2v) is 3.55. The zero-order chi connectivity index (χ0) is 12.0. The van der Waals surface area contributed by atoms with Crippen molar-refractivity contribution in [1.82, 2.24) is 0 Å². The molecule has 0 heterocycles. The van der Waals surface area contributed by atoms with Gasteiger partial charge in [-0.3, -0.25) is 0 Å². The van der Waals surface area contributed by atoms with E-state index in [2.05, 4.69) is 0 Å². The monoisotopic (exact) mass is 224 g/mol. The Morgan fingerprint density at radius 1 is 1.31 bits per heavy atom. The second kappa shape index (κ2) is 5.63. The molecule has 0 spiro atoms. The standard InChI is InChI=1S/C12H16O4/c1-12(11(13)14,16-9-8-15-2)10-6-4-3-5-7-10/h3-7H,8-9H2,1-2H3,(H,13,14). The van der Waals surface area contributed by atoms with Crippen LogP contribution in [-0.2, 0) is 19.9 Å². The van der Waals surface area contributed by atoms with Crippen LogP contribution >= 0.6 is 0 Å². The largest absolute Gasteiger partial charge is 0.479 e. The summed E-state index contributed by atoms with van der Waals surface area (Å²) in [5.41, 5.74) is -0.696. The molecule has 88 valence electrons. The maximum Gasteiger partial charge on any atom is 0.340 e. The summed E-state index contributed by atoms with van der Waals surface area (Å²) in [5, 5.41) is 9.22. The molecule has 0 amide bonds. The van der Waals surface area contributed by atoms with E-state index in [0.29, 0.717) is 12.2 Å². The molecule has 0 saturated heterocycles. The lowest BCUT2D eigenvalue weighted by atomic mass is 9.96. The number of methoxy groups -OCH3 is 1. The van der Waals surface area contributed by atoms with Crippen LogP contribution in [0.15, 0.2) is 30.3 Å². The van der Waals surface area contributed by atoms with Gasteiger partial charge in [-0.05, 0) is 12.5 Å². The van der Waals surface area contributed by atoms with Gasteiger partial charge in [-0.15, -0.1) is 0 Å². The van der Waals surface area contributed by atoms with Gasteiger partial charge in [0.05, 0.1) is 13.2 Å². The number of aliphatic carboxylic acids is 1. The molecule has 0 aliphatic heterocycles. The van der Waals surface area contributed by atoms with Crippen molar-refractivity contribution < 1.29 is 19.4 Å². The number of hydrogen-bond acceptors (Lipinski definition) is 3. The van der Waals surface area contributed by atoms with Crippen LogP contribution in [0.4, 0.5) is 0 Å². The molecule has 0 aliphatic rings. The Bertz CT molecular complexity index is 336. The minimum atomic E-state index is -1.32. The van der Waals surface area contributed by atoms with Crippen LogP contribution in [0.1, 0.15) is 12.5 Å². The first kappa shape index (κ1) is 12.7. The van der Waals surface area contributed by atoms with Crippen molar-refractivity contribution in [3.05, 3.63) is 35.9 Å². The summed E-state index contributed by atoms with van der Waals surface area (Å²) >= 11 is 0. The average molecular weight is 224 g/mol. The lowest BCUT2D eigenvalue weighted by Gasteiger charge is -2.25. The zero-order valence-electron chi connectivity index (χ0n) is 9.47. The molecule has 0 bridgehead atoms. The first-order valence-corrected chi connectivity index (χ1v) is 5.03. The van der Waals surface area contributed by atoms with E-state index in [0.717, 1.165) is 0 Å². The molecule has 1 N–H and O–H groups in total. The molecule has 4 heteroatoms. The normalized spacial score (nSPS) is 14.4. The Morgan fingerprint density at radius 3 is 2.44 bits per heavy atom. The van der Waals surface area contributed by atoms with Crippen LogP contribution in [0.5, 0.6) is 0 Å². The highest BCUT2D eigenvalue weighted by Crippen LogP contribution is 2.25. The van der Waals surface area contributed by atoms with Crippen molar-refractivity contribution in [3.63, 3.8) is 0 Å². The van der Waals surface area contributed by atoms with Gasteiger partial charge in [0, 0.05) is 7.11 Å². The van der Waals surface area contributed by atoms with Gasteiger partial charge in [0.25, 0.3) is 0 Å². The molecule has 1 atom stereocenters. The molecule has 4 nitrogen and oxygen atoms in total. The van der Waals surface area contributed by atoms with Crippen molar-refractivity contribution in [2.24, 2.45) is 0 Å². The quantitative estimate of drug-likeness (QED) is 0.746. The van der Waals surface area contributed by atoms with Gasteiger partial charge in [0.15, 0.2) is 5.60 Å². The molecule has 0 fully saturated rings. The van der Waals surface area contributed by atoms with Crippen LogP contribution in [-0.4, -0.2) is 31.4 Å². The molecule has 1 aromatic carbocycles. The Hall–Kier alpha value is -1.39. The number of hydrogen-bond donors (Lipinski definition) is 1. The highest BCUT2D eigenvalue weighted by Gasteiger charge is 2.36. The van der Waals surface area contributed by atoms with E-state index < -0.39 is 11.6 Å². The fourth-order valence-electron chi connectivity index (χ4n) is 1.35. The van der Waals surface area contributed by atoms with Crippen LogP contribution in [0.2, 0.25) is 0 Å². The minimum absolute atomic E-state index is 0.244. The van der Waals surface area contributed by atoms with Gasteiger partial charge < -0.3 is 14.6 Å². The Labute approximate surface area is 94.8 Å². The van der Waals surface area contributed by atoms with Crippen LogP contribution in [0.25, 0.3) is 0 Å². The third-order valence-corrected chi connectivity index (χ3v) is 2.41. The highest BCUT2D eigenvalue weighted by atomic mass is 16.5. The van der Waals surface area contributed by atoms with Crippen LogP contribution in [0.3, 0.4) is 0 Å². The van der Waals surface area contributed by atoms with Crippen molar-refractivity contribution in [3.8, 4) is 0 Å². The molecule has 0 saturated carbocycles. The fraction of sp³-hybridized carbons (Fsp3) is 0.417. The molecule has 1 unspecified atom stereocenters. The van der Waals surface area contributed by atoms with Gasteiger partial charge in [-0.25, -0.2) is 4.79 Å². The predicted octanol–water partition coefficient (Wildman–Crippen LogP) is 1.65. The van der Waals surface area contributed by atoms with Gasteiger partial charge in [-0.2, -0.15) is 0 Å². The number of rotatable bonds is 6. The molecule has 0 radical (unpaired) electrons. The summed E-state index contributed by atoms with van der Waals surface area (Å²) in [7, 11) is 1.55. The molecular weight excluding hydrogens is 208 g/mol. The van der Waals surface area contributed by atoms with Crippen molar-refractivity contribution in [2.45, 2.75) is 12.5 Å². The van der Waals surface area contributed by atoms with E-state index in [9.17, 15) is 9.90 Å². The summed E-state index contributed by atoms with van der Waals surface area (Å²) < 4.78 is 10.2. The third-order valence-electron chi connectivity index (χ3n) is 2.41. The van der Waals surface area contributed by atoms with Crippen LogP contribution in [0, 0.1) is 0 Å². The maximum absolute atomic E-state index is 11.3. The van der Waals surface area contributed by atoms with Crippen molar-refractivity contribution in [2.75, 3.05) is 20.3 Å². The van der Waals surface area contributed by atoms with Crippen LogP contribution < -0.4 is 0 Å². The van der Waals surface area contributed by atoms with E-state index in [-0.39, 0.29) is 6.61 Å². The molecule has 1 aromatic rings. The maximum atomic E-state index is 11.3. The summed E-state index contributed by atoms with van der Waals surface area (Å²) in [6, 6.07) is 8.88. The molecule has 0 aliphatic carbocycles. The number of carboxylic acids is 1. The molecule has 0 aromatic heterocycles. The number of benzene rings is 1. The van der Waals surface area contributed by atoms with E-state index in [4.69, 9.17) is 9.47 Å². The number of ether oxygens (including phenoxy) is 2. The van der Waals surface area contributed by atoms with Gasteiger partial charge in [-0.1, -0.05) is 30.3 Å². The number of carboxylic acid groups (broad SMARTS) is 1. The lowest BCUT2D eigenvalue weighted by molar-refractivity contribution is -0.166. The SMILES string of the molecule is COCCOC(C)(C(=O)O)c1ccccc1. The lowest BCUT2D eigenvalue weighted by Crippen LogP contribution is -2.36. The van der Waals surface area contributed by atoms with E-state index >= 15 is 0 Å². The summed E-state index contributed by atoms with van der Waals surface area (Å²) in [4.78, 5) is 11.3. The first-order valence-electron chi connectivity index (χ1n) is 5.03. The van der Waals surface area contributed by atoms with Crippen molar-refractivity contribution in [1.29, 1.82) is 0 Å². The van der Waals surface area contributed by atoms with Gasteiger partial charge in [0.2, 0.25) is 0 Å². The Morgan fingerprint density at radius 2 is 1.94 bits per heavy atom. The Balaban J connectivity index is 2.85. The molecular formula is C12H16O4.